The molecule has 4 aromatic rings. The van der Waals surface area contributed by atoms with Gasteiger partial charge in [-0.15, -0.1) is 0 Å². The van der Waals surface area contributed by atoms with Gasteiger partial charge in [0.05, 0.1) is 5.52 Å². The van der Waals surface area contributed by atoms with Crippen molar-refractivity contribution in [3.63, 3.8) is 0 Å². The normalized spacial score (nSPS) is 12.0. The minimum Gasteiger partial charge on any atom is -0.289 e. The molecule has 27 heavy (non-hydrogen) atoms. The first-order valence-electron chi connectivity index (χ1n) is 8.62. The van der Waals surface area contributed by atoms with Crippen molar-refractivity contribution in [1.82, 2.24) is 20.2 Å². The fraction of sp³-hybridized carbons (Fsp3) is 0.0952. The van der Waals surface area contributed by atoms with Crippen LogP contribution >= 0.6 is 0 Å². The highest BCUT2D eigenvalue weighted by atomic mass is 16.5. The highest BCUT2D eigenvalue weighted by molar-refractivity contribution is 5.94. The molecule has 134 valence electrons. The summed E-state index contributed by atoms with van der Waals surface area (Å²) >= 11 is 0. The maximum absolute atomic E-state index is 12.3. The average molecular weight is 358 g/mol. The molecule has 0 aliphatic rings. The van der Waals surface area contributed by atoms with Gasteiger partial charge in [-0.1, -0.05) is 42.5 Å². The molecular weight excluding hydrogens is 340 g/mol. The SMILES string of the molecule is O=C(NO)C(Cc1ccccc1)n1cc2c(-c3ccncc3)cccc2n1. The lowest BCUT2D eigenvalue weighted by molar-refractivity contribution is -0.132. The maximum Gasteiger partial charge on any atom is 0.268 e. The molecule has 2 heterocycles. The largest absolute Gasteiger partial charge is 0.289 e. The van der Waals surface area contributed by atoms with Crippen LogP contribution in [0.1, 0.15) is 11.6 Å². The van der Waals surface area contributed by atoms with E-state index in [4.69, 9.17) is 0 Å². The third-order valence-corrected chi connectivity index (χ3v) is 4.56. The summed E-state index contributed by atoms with van der Waals surface area (Å²) in [7, 11) is 0. The summed E-state index contributed by atoms with van der Waals surface area (Å²) in [6, 6.07) is 18.7. The maximum atomic E-state index is 12.3. The number of amides is 1. The van der Waals surface area contributed by atoms with Crippen LogP contribution in [0.3, 0.4) is 0 Å². The second kappa shape index (κ2) is 7.39. The third kappa shape index (κ3) is 3.43. The molecule has 0 saturated carbocycles. The fourth-order valence-corrected chi connectivity index (χ4v) is 3.22. The van der Waals surface area contributed by atoms with Gasteiger partial charge in [0.1, 0.15) is 6.04 Å². The lowest BCUT2D eigenvalue weighted by Crippen LogP contribution is -2.32. The first-order chi connectivity index (χ1) is 13.3. The lowest BCUT2D eigenvalue weighted by Gasteiger charge is -2.15. The number of benzene rings is 2. The number of pyridine rings is 1. The van der Waals surface area contributed by atoms with E-state index < -0.39 is 11.9 Å². The van der Waals surface area contributed by atoms with E-state index in [2.05, 4.69) is 10.1 Å². The molecule has 1 amide bonds. The third-order valence-electron chi connectivity index (χ3n) is 4.56. The van der Waals surface area contributed by atoms with Crippen molar-refractivity contribution in [1.29, 1.82) is 0 Å². The van der Waals surface area contributed by atoms with E-state index in [1.807, 2.05) is 66.9 Å². The Labute approximate surface area is 156 Å². The number of carbonyl (C=O) groups excluding carboxylic acids is 1. The van der Waals surface area contributed by atoms with Gasteiger partial charge >= 0.3 is 0 Å². The Morgan fingerprint density at radius 2 is 1.81 bits per heavy atom. The van der Waals surface area contributed by atoms with Gasteiger partial charge in [-0.3, -0.25) is 19.7 Å². The summed E-state index contributed by atoms with van der Waals surface area (Å²) < 4.78 is 1.62. The molecule has 0 spiro atoms. The summed E-state index contributed by atoms with van der Waals surface area (Å²) in [5, 5.41) is 14.7. The smallest absolute Gasteiger partial charge is 0.268 e. The van der Waals surface area contributed by atoms with Crippen molar-refractivity contribution in [2.24, 2.45) is 0 Å². The zero-order valence-electron chi connectivity index (χ0n) is 14.5. The van der Waals surface area contributed by atoms with Crippen LogP contribution in [0.25, 0.3) is 22.0 Å². The molecule has 2 aromatic heterocycles. The Morgan fingerprint density at radius 3 is 2.56 bits per heavy atom. The molecule has 1 atom stereocenters. The Hall–Kier alpha value is -3.51. The Kier molecular flexibility index (Phi) is 4.63. The number of aromatic nitrogens is 3. The summed E-state index contributed by atoms with van der Waals surface area (Å²) in [6.07, 6.45) is 5.77. The molecule has 2 N–H and O–H groups in total. The van der Waals surface area contributed by atoms with Crippen molar-refractivity contribution in [2.75, 3.05) is 0 Å². The molecule has 4 rings (SSSR count). The van der Waals surface area contributed by atoms with E-state index in [1.165, 1.54) is 0 Å². The fourth-order valence-electron chi connectivity index (χ4n) is 3.22. The van der Waals surface area contributed by atoms with Gasteiger partial charge in [0, 0.05) is 30.4 Å². The Morgan fingerprint density at radius 1 is 1.04 bits per heavy atom. The van der Waals surface area contributed by atoms with Gasteiger partial charge in [-0.2, -0.15) is 5.10 Å². The van der Waals surface area contributed by atoms with Crippen LogP contribution in [-0.4, -0.2) is 25.9 Å². The first-order valence-corrected chi connectivity index (χ1v) is 8.62. The summed E-state index contributed by atoms with van der Waals surface area (Å²) in [5.41, 5.74) is 5.58. The van der Waals surface area contributed by atoms with E-state index in [0.29, 0.717) is 6.42 Å². The highest BCUT2D eigenvalue weighted by Crippen LogP contribution is 2.29. The number of hydrogen-bond donors (Lipinski definition) is 2. The van der Waals surface area contributed by atoms with Gasteiger partial charge in [-0.25, -0.2) is 5.48 Å². The van der Waals surface area contributed by atoms with Crippen LogP contribution in [0.4, 0.5) is 0 Å². The van der Waals surface area contributed by atoms with Crippen molar-refractivity contribution in [3.8, 4) is 11.1 Å². The predicted octanol–water partition coefficient (Wildman–Crippen LogP) is 3.39. The molecule has 2 aromatic carbocycles. The van der Waals surface area contributed by atoms with Gasteiger partial charge in [0.15, 0.2) is 0 Å². The number of hydroxylamine groups is 1. The average Bonchev–Trinajstić information content (AvgIpc) is 3.17. The highest BCUT2D eigenvalue weighted by Gasteiger charge is 2.22. The van der Waals surface area contributed by atoms with E-state index in [9.17, 15) is 10.0 Å². The zero-order chi connectivity index (χ0) is 18.6. The van der Waals surface area contributed by atoms with Gasteiger partial charge < -0.3 is 0 Å². The molecule has 1 unspecified atom stereocenters. The minimum atomic E-state index is -0.657. The molecule has 0 radical (unpaired) electrons. The predicted molar refractivity (Wildman–Crippen MR) is 102 cm³/mol. The minimum absolute atomic E-state index is 0.422. The van der Waals surface area contributed by atoms with Crippen LogP contribution in [0.2, 0.25) is 0 Å². The van der Waals surface area contributed by atoms with Crippen molar-refractivity contribution in [3.05, 3.63) is 84.8 Å². The molecule has 0 aliphatic carbocycles. The van der Waals surface area contributed by atoms with Crippen LogP contribution < -0.4 is 5.48 Å². The Balaban J connectivity index is 1.78. The number of nitrogens with zero attached hydrogens (tertiary/aromatic N) is 3. The van der Waals surface area contributed by atoms with Gasteiger partial charge in [0.2, 0.25) is 0 Å². The molecular formula is C21H18N4O2. The number of carbonyl (C=O) groups is 1. The van der Waals surface area contributed by atoms with Crippen molar-refractivity contribution in [2.45, 2.75) is 12.5 Å². The molecule has 0 aliphatic heterocycles. The van der Waals surface area contributed by atoms with Gasteiger partial charge in [0.25, 0.3) is 5.91 Å². The topological polar surface area (TPSA) is 80.0 Å². The molecule has 0 saturated heterocycles. The van der Waals surface area contributed by atoms with Gasteiger partial charge in [-0.05, 0) is 34.9 Å². The number of nitrogens with one attached hydrogen (secondary N) is 1. The Bertz CT molecular complexity index is 1060. The number of rotatable bonds is 5. The van der Waals surface area contributed by atoms with Crippen LogP contribution in [0.15, 0.2) is 79.3 Å². The molecule has 0 bridgehead atoms. The van der Waals surface area contributed by atoms with Crippen LogP contribution in [-0.2, 0) is 11.2 Å². The van der Waals surface area contributed by atoms with Crippen molar-refractivity contribution < 1.29 is 10.0 Å². The standard InChI is InChI=1S/C21H18N4O2/c26-21(24-27)20(13-15-5-2-1-3-6-15)25-14-18-17(7-4-8-19(18)23-25)16-9-11-22-12-10-16/h1-12,14,20,27H,13H2,(H,24,26). The molecule has 0 fully saturated rings. The quantitative estimate of drug-likeness (QED) is 0.423. The second-order valence-electron chi connectivity index (χ2n) is 6.26. The summed E-state index contributed by atoms with van der Waals surface area (Å²) in [4.78, 5) is 16.4. The van der Waals surface area contributed by atoms with E-state index in [-0.39, 0.29) is 0 Å². The van der Waals surface area contributed by atoms with Crippen molar-refractivity contribution >= 4 is 16.8 Å². The van der Waals surface area contributed by atoms with Crippen LogP contribution in [0, 0.1) is 0 Å². The number of hydrogen-bond acceptors (Lipinski definition) is 4. The first kappa shape index (κ1) is 16.9. The monoisotopic (exact) mass is 358 g/mol. The zero-order valence-corrected chi connectivity index (χ0v) is 14.5. The van der Waals surface area contributed by atoms with Crippen LogP contribution in [0.5, 0.6) is 0 Å². The van der Waals surface area contributed by atoms with E-state index >= 15 is 0 Å². The lowest BCUT2D eigenvalue weighted by atomic mass is 10.0. The number of fused-ring (bicyclic) bond motifs is 1. The molecule has 6 nitrogen and oxygen atoms in total. The summed E-state index contributed by atoms with van der Waals surface area (Å²) in [5.74, 6) is -0.503. The second-order valence-corrected chi connectivity index (χ2v) is 6.26. The molecule has 6 heteroatoms. The van der Waals surface area contributed by atoms with E-state index in [0.717, 1.165) is 27.6 Å². The van der Waals surface area contributed by atoms with E-state index in [1.54, 1.807) is 22.6 Å². The summed E-state index contributed by atoms with van der Waals surface area (Å²) in [6.45, 7) is 0.